The summed E-state index contributed by atoms with van der Waals surface area (Å²) >= 11 is 3.50. The first-order chi connectivity index (χ1) is 9.69. The number of fused-ring (bicyclic) bond motifs is 1. The molecule has 20 heavy (non-hydrogen) atoms. The van der Waals surface area contributed by atoms with E-state index in [2.05, 4.69) is 34.1 Å². The van der Waals surface area contributed by atoms with Crippen molar-refractivity contribution < 1.29 is 9.47 Å². The van der Waals surface area contributed by atoms with Crippen LogP contribution in [-0.2, 0) is 0 Å². The van der Waals surface area contributed by atoms with E-state index in [0.29, 0.717) is 6.54 Å². The molecule has 0 bridgehead atoms. The van der Waals surface area contributed by atoms with Gasteiger partial charge in [-0.1, -0.05) is 19.3 Å². The molecule has 2 rings (SSSR count). The van der Waals surface area contributed by atoms with Crippen LogP contribution in [0.5, 0.6) is 11.5 Å². The van der Waals surface area contributed by atoms with Gasteiger partial charge in [0, 0.05) is 12.6 Å². The molecule has 0 aliphatic carbocycles. The molecule has 1 aromatic carbocycles. The van der Waals surface area contributed by atoms with E-state index in [-0.39, 0.29) is 18.9 Å². The summed E-state index contributed by atoms with van der Waals surface area (Å²) in [4.78, 5) is 0. The van der Waals surface area contributed by atoms with Crippen LogP contribution >= 0.6 is 15.9 Å². The minimum Gasteiger partial charge on any atom is -0.454 e. The number of halogens is 1. The van der Waals surface area contributed by atoms with Crippen molar-refractivity contribution in [2.75, 3.05) is 13.3 Å². The fourth-order valence-electron chi connectivity index (χ4n) is 2.24. The Morgan fingerprint density at radius 2 is 2.30 bits per heavy atom. The van der Waals surface area contributed by atoms with Crippen LogP contribution in [0.15, 0.2) is 16.6 Å². The highest BCUT2D eigenvalue weighted by Gasteiger charge is 2.22. The minimum absolute atomic E-state index is 0.00611. The molecule has 108 valence electrons. The van der Waals surface area contributed by atoms with Crippen molar-refractivity contribution in [2.24, 2.45) is 5.73 Å². The molecule has 4 nitrogen and oxygen atoms in total. The van der Waals surface area contributed by atoms with E-state index in [1.807, 2.05) is 12.1 Å². The first-order valence-corrected chi connectivity index (χ1v) is 7.50. The Bertz CT molecular complexity index is 513. The Labute approximate surface area is 128 Å². The van der Waals surface area contributed by atoms with Crippen LogP contribution < -0.4 is 20.5 Å². The van der Waals surface area contributed by atoms with E-state index < -0.39 is 0 Å². The predicted molar refractivity (Wildman–Crippen MR) is 82.7 cm³/mol. The highest BCUT2D eigenvalue weighted by atomic mass is 79.9. The summed E-state index contributed by atoms with van der Waals surface area (Å²) in [5.41, 5.74) is 6.92. The smallest absolute Gasteiger partial charge is 0.231 e. The standard InChI is InChI=1S/C15H19BrN2O2/c1-3-5-11(4-2)18-13(8-17)10-6-12(16)15-14(7-10)19-9-20-15/h2,6-7,11,13,18H,3,5,8-9,17H2,1H3. The SMILES string of the molecule is C#CC(CCC)NC(CN)c1cc(Br)c2c(c1)OCO2. The number of ether oxygens (including phenoxy) is 2. The lowest BCUT2D eigenvalue weighted by molar-refractivity contribution is 0.173. The monoisotopic (exact) mass is 338 g/mol. The topological polar surface area (TPSA) is 56.5 Å². The lowest BCUT2D eigenvalue weighted by Crippen LogP contribution is -2.35. The van der Waals surface area contributed by atoms with Gasteiger partial charge < -0.3 is 15.2 Å². The number of nitrogens with one attached hydrogen (secondary N) is 1. The Kier molecular flexibility index (Phi) is 5.30. The lowest BCUT2D eigenvalue weighted by atomic mass is 10.0. The Hall–Kier alpha value is -1.22. The fraction of sp³-hybridized carbons (Fsp3) is 0.467. The van der Waals surface area contributed by atoms with Gasteiger partial charge in [0.05, 0.1) is 10.5 Å². The third kappa shape index (κ3) is 3.26. The largest absolute Gasteiger partial charge is 0.454 e. The van der Waals surface area contributed by atoms with Crippen molar-refractivity contribution >= 4 is 15.9 Å². The van der Waals surface area contributed by atoms with Gasteiger partial charge in [0.15, 0.2) is 11.5 Å². The molecule has 1 aromatic rings. The van der Waals surface area contributed by atoms with Gasteiger partial charge in [0.2, 0.25) is 6.79 Å². The molecule has 0 fully saturated rings. The summed E-state index contributed by atoms with van der Waals surface area (Å²) in [7, 11) is 0. The molecule has 2 unspecified atom stereocenters. The van der Waals surface area contributed by atoms with Gasteiger partial charge in [0.1, 0.15) is 0 Å². The number of rotatable bonds is 6. The Balaban J connectivity index is 2.20. The van der Waals surface area contributed by atoms with Gasteiger partial charge in [-0.25, -0.2) is 0 Å². The predicted octanol–water partition coefficient (Wildman–Crippen LogP) is 2.57. The summed E-state index contributed by atoms with van der Waals surface area (Å²) in [5, 5.41) is 3.41. The van der Waals surface area contributed by atoms with Crippen molar-refractivity contribution in [1.82, 2.24) is 5.32 Å². The normalized spacial score (nSPS) is 15.7. The summed E-state index contributed by atoms with van der Waals surface area (Å²) < 4.78 is 11.7. The van der Waals surface area contributed by atoms with Gasteiger partial charge in [0.25, 0.3) is 0 Å². The van der Waals surface area contributed by atoms with E-state index in [1.165, 1.54) is 0 Å². The van der Waals surface area contributed by atoms with Crippen molar-refractivity contribution in [2.45, 2.75) is 31.8 Å². The van der Waals surface area contributed by atoms with E-state index in [1.54, 1.807) is 0 Å². The molecular formula is C15H19BrN2O2. The molecule has 1 aliphatic heterocycles. The second kappa shape index (κ2) is 6.98. The van der Waals surface area contributed by atoms with Crippen molar-refractivity contribution in [3.8, 4) is 23.8 Å². The van der Waals surface area contributed by atoms with Crippen LogP contribution in [0.3, 0.4) is 0 Å². The molecule has 1 aliphatic rings. The minimum atomic E-state index is -0.00611. The zero-order valence-corrected chi connectivity index (χ0v) is 13.1. The maximum absolute atomic E-state index is 5.88. The van der Waals surface area contributed by atoms with Gasteiger partial charge in [-0.05, 0) is 40.0 Å². The van der Waals surface area contributed by atoms with E-state index in [4.69, 9.17) is 21.6 Å². The molecule has 0 saturated carbocycles. The molecular weight excluding hydrogens is 320 g/mol. The van der Waals surface area contributed by atoms with Crippen LogP contribution in [0.1, 0.15) is 31.4 Å². The van der Waals surface area contributed by atoms with Gasteiger partial charge in [-0.3, -0.25) is 5.32 Å². The second-order valence-corrected chi connectivity index (χ2v) is 5.55. The molecule has 0 saturated heterocycles. The zero-order valence-electron chi connectivity index (χ0n) is 11.5. The van der Waals surface area contributed by atoms with Crippen LogP contribution in [0.2, 0.25) is 0 Å². The Morgan fingerprint density at radius 3 is 2.95 bits per heavy atom. The number of hydrogen-bond donors (Lipinski definition) is 2. The molecule has 0 aromatic heterocycles. The molecule has 5 heteroatoms. The van der Waals surface area contributed by atoms with Gasteiger partial charge >= 0.3 is 0 Å². The van der Waals surface area contributed by atoms with Crippen LogP contribution in [0.4, 0.5) is 0 Å². The fourth-order valence-corrected chi connectivity index (χ4v) is 2.81. The molecule has 0 amide bonds. The van der Waals surface area contributed by atoms with E-state index >= 15 is 0 Å². The van der Waals surface area contributed by atoms with Crippen molar-refractivity contribution in [3.63, 3.8) is 0 Å². The summed E-state index contributed by atoms with van der Waals surface area (Å²) in [6.45, 7) is 2.83. The molecule has 1 heterocycles. The number of hydrogen-bond acceptors (Lipinski definition) is 4. The number of terminal acetylenes is 1. The van der Waals surface area contributed by atoms with E-state index in [0.717, 1.165) is 34.4 Å². The highest BCUT2D eigenvalue weighted by molar-refractivity contribution is 9.10. The van der Waals surface area contributed by atoms with Crippen molar-refractivity contribution in [3.05, 3.63) is 22.2 Å². The average Bonchev–Trinajstić information content (AvgIpc) is 2.92. The van der Waals surface area contributed by atoms with Gasteiger partial charge in [-0.2, -0.15) is 0 Å². The second-order valence-electron chi connectivity index (χ2n) is 4.70. The maximum Gasteiger partial charge on any atom is 0.231 e. The van der Waals surface area contributed by atoms with Crippen molar-refractivity contribution in [1.29, 1.82) is 0 Å². The number of benzene rings is 1. The van der Waals surface area contributed by atoms with E-state index in [9.17, 15) is 0 Å². The third-order valence-electron chi connectivity index (χ3n) is 3.27. The molecule has 3 N–H and O–H groups in total. The lowest BCUT2D eigenvalue weighted by Gasteiger charge is -2.22. The first-order valence-electron chi connectivity index (χ1n) is 6.70. The zero-order chi connectivity index (χ0) is 14.5. The van der Waals surface area contributed by atoms with Crippen LogP contribution in [-0.4, -0.2) is 19.4 Å². The average molecular weight is 339 g/mol. The quantitative estimate of drug-likeness (QED) is 0.782. The highest BCUT2D eigenvalue weighted by Crippen LogP contribution is 2.41. The van der Waals surface area contributed by atoms with Crippen LogP contribution in [0.25, 0.3) is 0 Å². The summed E-state index contributed by atoms with van der Waals surface area (Å²) in [6.07, 6.45) is 7.51. The van der Waals surface area contributed by atoms with Crippen LogP contribution in [0, 0.1) is 12.3 Å². The molecule has 2 atom stereocenters. The Morgan fingerprint density at radius 1 is 1.50 bits per heavy atom. The summed E-state index contributed by atoms with van der Waals surface area (Å²) in [5.74, 6) is 4.25. The third-order valence-corrected chi connectivity index (χ3v) is 3.86. The maximum atomic E-state index is 5.88. The molecule has 0 spiro atoms. The first kappa shape index (κ1) is 15.2. The summed E-state index contributed by atoms with van der Waals surface area (Å²) in [6, 6.07) is 3.97. The van der Waals surface area contributed by atoms with Gasteiger partial charge in [-0.15, -0.1) is 6.42 Å². The molecule has 0 radical (unpaired) electrons. The number of nitrogens with two attached hydrogens (primary N) is 1.